The van der Waals surface area contributed by atoms with Crippen molar-refractivity contribution in [2.45, 2.75) is 104 Å². The van der Waals surface area contributed by atoms with Crippen LogP contribution in [0.25, 0.3) is 27.8 Å². The summed E-state index contributed by atoms with van der Waals surface area (Å²) in [6.45, 7) is 4.34. The van der Waals surface area contributed by atoms with Crippen molar-refractivity contribution in [3.63, 3.8) is 0 Å². The third kappa shape index (κ3) is 8.72. The number of hydrogen-bond donors (Lipinski definition) is 0. The summed E-state index contributed by atoms with van der Waals surface area (Å²) in [6, 6.07) is 15.8. The van der Waals surface area contributed by atoms with E-state index >= 15 is 4.39 Å². The molecule has 42 heavy (non-hydrogen) atoms. The molecular formula is C39H47F3. The minimum Gasteiger partial charge on any atom is -0.206 e. The summed E-state index contributed by atoms with van der Waals surface area (Å²) in [5, 5.41) is 0. The van der Waals surface area contributed by atoms with Crippen molar-refractivity contribution in [1.82, 2.24) is 0 Å². The van der Waals surface area contributed by atoms with Crippen LogP contribution in [0.4, 0.5) is 13.2 Å². The molecule has 0 N–H and O–H groups in total. The van der Waals surface area contributed by atoms with Gasteiger partial charge in [-0.15, -0.1) is 0 Å². The highest BCUT2D eigenvalue weighted by Crippen LogP contribution is 2.35. The van der Waals surface area contributed by atoms with Crippen LogP contribution in [-0.2, 0) is 6.42 Å². The van der Waals surface area contributed by atoms with Crippen LogP contribution >= 0.6 is 0 Å². The number of allylic oxidation sites excluding steroid dienone is 4. The molecule has 0 aliphatic heterocycles. The Bertz CT molecular complexity index is 1330. The molecule has 1 aliphatic rings. The maximum atomic E-state index is 15.3. The van der Waals surface area contributed by atoms with Gasteiger partial charge in [-0.1, -0.05) is 138 Å². The summed E-state index contributed by atoms with van der Waals surface area (Å²) in [5.41, 5.74) is 4.56. The van der Waals surface area contributed by atoms with E-state index in [9.17, 15) is 8.78 Å². The minimum atomic E-state index is -0.843. The topological polar surface area (TPSA) is 0 Å². The lowest BCUT2D eigenvalue weighted by molar-refractivity contribution is 0.422. The molecule has 0 fully saturated rings. The first kappa shape index (κ1) is 31.9. The van der Waals surface area contributed by atoms with E-state index in [2.05, 4.69) is 19.9 Å². The highest BCUT2D eigenvalue weighted by molar-refractivity contribution is 5.74. The van der Waals surface area contributed by atoms with E-state index in [1.807, 2.05) is 24.3 Å². The fraction of sp³-hybridized carbons (Fsp3) is 0.436. The highest BCUT2D eigenvalue weighted by atomic mass is 19.2. The first-order valence-corrected chi connectivity index (χ1v) is 16.2. The molecule has 0 amide bonds. The van der Waals surface area contributed by atoms with Crippen LogP contribution in [0.2, 0.25) is 0 Å². The zero-order chi connectivity index (χ0) is 29.7. The maximum Gasteiger partial charge on any atom is 0.166 e. The lowest BCUT2D eigenvalue weighted by Crippen LogP contribution is -2.05. The van der Waals surface area contributed by atoms with Gasteiger partial charge in [-0.2, -0.15) is 0 Å². The van der Waals surface area contributed by atoms with Crippen LogP contribution in [-0.4, -0.2) is 0 Å². The second kappa shape index (κ2) is 16.5. The van der Waals surface area contributed by atoms with Crippen LogP contribution in [0.15, 0.2) is 72.8 Å². The van der Waals surface area contributed by atoms with Crippen molar-refractivity contribution < 1.29 is 13.2 Å². The Morgan fingerprint density at radius 3 is 2.02 bits per heavy atom. The Morgan fingerprint density at radius 2 is 1.36 bits per heavy atom. The molecule has 1 aliphatic carbocycles. The van der Waals surface area contributed by atoms with Gasteiger partial charge in [0.2, 0.25) is 0 Å². The summed E-state index contributed by atoms with van der Waals surface area (Å²) in [5.74, 6) is -1.15. The van der Waals surface area contributed by atoms with Gasteiger partial charge in [-0.3, -0.25) is 0 Å². The molecule has 0 saturated heterocycles. The average molecular weight is 573 g/mol. The van der Waals surface area contributed by atoms with Gasteiger partial charge >= 0.3 is 0 Å². The van der Waals surface area contributed by atoms with E-state index in [0.29, 0.717) is 28.7 Å². The quantitative estimate of drug-likeness (QED) is 0.125. The third-order valence-electron chi connectivity index (χ3n) is 8.70. The Balaban J connectivity index is 1.35. The molecule has 3 aromatic carbocycles. The molecular weight excluding hydrogens is 525 g/mol. The Morgan fingerprint density at radius 1 is 0.690 bits per heavy atom. The van der Waals surface area contributed by atoms with E-state index in [1.165, 1.54) is 63.4 Å². The Labute approximate surface area is 251 Å². The van der Waals surface area contributed by atoms with E-state index in [-0.39, 0.29) is 11.4 Å². The van der Waals surface area contributed by atoms with E-state index in [1.54, 1.807) is 42.5 Å². The molecule has 0 heterocycles. The van der Waals surface area contributed by atoms with Crippen LogP contribution < -0.4 is 0 Å². The summed E-state index contributed by atoms with van der Waals surface area (Å²) >= 11 is 0. The minimum absolute atomic E-state index is 0.214. The normalized spacial score (nSPS) is 15.4. The van der Waals surface area contributed by atoms with Crippen LogP contribution in [0.1, 0.15) is 108 Å². The molecule has 1 atom stereocenters. The highest BCUT2D eigenvalue weighted by Gasteiger charge is 2.18. The molecule has 0 bridgehead atoms. The average Bonchev–Trinajstić information content (AvgIpc) is 3.01. The summed E-state index contributed by atoms with van der Waals surface area (Å²) < 4.78 is 44.9. The summed E-state index contributed by atoms with van der Waals surface area (Å²) in [6.07, 6.45) is 22.5. The fourth-order valence-corrected chi connectivity index (χ4v) is 6.05. The van der Waals surface area contributed by atoms with Crippen molar-refractivity contribution in [2.24, 2.45) is 5.92 Å². The van der Waals surface area contributed by atoms with Crippen LogP contribution in [0, 0.1) is 23.4 Å². The zero-order valence-corrected chi connectivity index (χ0v) is 25.5. The fourth-order valence-electron chi connectivity index (χ4n) is 6.05. The van der Waals surface area contributed by atoms with Crippen LogP contribution in [0.5, 0.6) is 0 Å². The Hall–Kier alpha value is -3.07. The van der Waals surface area contributed by atoms with Gasteiger partial charge in [0, 0.05) is 11.1 Å². The van der Waals surface area contributed by atoms with Gasteiger partial charge in [0.25, 0.3) is 0 Å². The maximum absolute atomic E-state index is 15.3. The zero-order valence-electron chi connectivity index (χ0n) is 25.5. The molecule has 3 aromatic rings. The van der Waals surface area contributed by atoms with Gasteiger partial charge < -0.3 is 0 Å². The molecule has 0 spiro atoms. The largest absolute Gasteiger partial charge is 0.206 e. The van der Waals surface area contributed by atoms with E-state index in [4.69, 9.17) is 0 Å². The van der Waals surface area contributed by atoms with Gasteiger partial charge in [0.1, 0.15) is 5.82 Å². The monoisotopic (exact) mass is 572 g/mol. The van der Waals surface area contributed by atoms with Gasteiger partial charge in [0.15, 0.2) is 11.6 Å². The standard InChI is InChI=1S/C39H47F3/c1-3-5-7-9-10-11-12-14-29-16-18-30(19-17-29)34-25-26-35(37(40)28-34)31-20-22-32(23-21-31)36-27-24-33(38(41)39(36)42)15-13-8-6-4-2/h8,13,18,20-29H,3-7,9-12,14-17,19H2,1-2H3. The lowest BCUT2D eigenvalue weighted by atomic mass is 9.83. The third-order valence-corrected chi connectivity index (χ3v) is 8.70. The van der Waals surface area contributed by atoms with Crippen molar-refractivity contribution in [2.75, 3.05) is 0 Å². The second-order valence-corrected chi connectivity index (χ2v) is 11.9. The van der Waals surface area contributed by atoms with Crippen molar-refractivity contribution in [3.8, 4) is 22.3 Å². The molecule has 0 nitrogen and oxygen atoms in total. The van der Waals surface area contributed by atoms with Gasteiger partial charge in [-0.25, -0.2) is 13.2 Å². The SMILES string of the molecule is CCCC=CCc1ccc(-c2ccc(-c3ccc(C4=CCC(CCCCCCCCC)CC4)cc3F)cc2)c(F)c1F. The molecule has 4 rings (SSSR count). The van der Waals surface area contributed by atoms with Crippen LogP contribution in [0.3, 0.4) is 0 Å². The molecule has 0 aromatic heterocycles. The molecule has 0 saturated carbocycles. The van der Waals surface area contributed by atoms with E-state index < -0.39 is 11.6 Å². The van der Waals surface area contributed by atoms with Gasteiger partial charge in [-0.05, 0) is 71.9 Å². The predicted octanol–water partition coefficient (Wildman–Crippen LogP) is 12.7. The first-order chi connectivity index (χ1) is 20.5. The van der Waals surface area contributed by atoms with Crippen molar-refractivity contribution in [3.05, 3.63) is 101 Å². The smallest absolute Gasteiger partial charge is 0.166 e. The number of halogens is 3. The van der Waals surface area contributed by atoms with Crippen molar-refractivity contribution in [1.29, 1.82) is 0 Å². The number of benzene rings is 3. The number of hydrogen-bond acceptors (Lipinski definition) is 0. The predicted molar refractivity (Wildman–Crippen MR) is 173 cm³/mol. The first-order valence-electron chi connectivity index (χ1n) is 16.2. The second-order valence-electron chi connectivity index (χ2n) is 11.9. The summed E-state index contributed by atoms with van der Waals surface area (Å²) in [4.78, 5) is 0. The number of unbranched alkanes of at least 4 members (excludes halogenated alkanes) is 7. The summed E-state index contributed by atoms with van der Waals surface area (Å²) in [7, 11) is 0. The lowest BCUT2D eigenvalue weighted by Gasteiger charge is -2.22. The van der Waals surface area contributed by atoms with Gasteiger partial charge in [0.05, 0.1) is 0 Å². The molecule has 1 unspecified atom stereocenters. The molecule has 224 valence electrons. The molecule has 3 heteroatoms. The Kier molecular flexibility index (Phi) is 12.5. The van der Waals surface area contributed by atoms with E-state index in [0.717, 1.165) is 37.2 Å². The number of rotatable bonds is 15. The molecule has 0 radical (unpaired) electrons. The van der Waals surface area contributed by atoms with Crippen molar-refractivity contribution >= 4 is 5.57 Å².